The molecule has 0 aromatic carbocycles. The van der Waals surface area contributed by atoms with Crippen molar-refractivity contribution in [3.63, 3.8) is 0 Å². The van der Waals surface area contributed by atoms with Gasteiger partial charge < -0.3 is 19.9 Å². The van der Waals surface area contributed by atoms with Gasteiger partial charge in [-0.25, -0.2) is 4.98 Å². The van der Waals surface area contributed by atoms with Gasteiger partial charge >= 0.3 is 0 Å². The quantitative estimate of drug-likeness (QED) is 0.368. The molecule has 7 heteroatoms. The number of aryl methyl sites for hydroxylation is 1. The Labute approximate surface area is 191 Å². The van der Waals surface area contributed by atoms with Crippen molar-refractivity contribution in [1.29, 1.82) is 0 Å². The number of likely N-dealkylation sites (tertiary alicyclic amines) is 1. The lowest BCUT2D eigenvalue weighted by Crippen LogP contribution is -2.50. The Balaban J connectivity index is 0.00000240. The Bertz CT molecular complexity index is 803. The first kappa shape index (κ1) is 22.3. The Hall–Kier alpha value is -1.35. The van der Waals surface area contributed by atoms with Crippen molar-refractivity contribution in [3.05, 3.63) is 35.8 Å². The number of guanidine groups is 1. The average Bonchev–Trinajstić information content (AvgIpc) is 3.38. The fourth-order valence-corrected chi connectivity index (χ4v) is 4.70. The van der Waals surface area contributed by atoms with Crippen molar-refractivity contribution in [2.45, 2.75) is 64.0 Å². The van der Waals surface area contributed by atoms with Gasteiger partial charge in [0.05, 0.1) is 5.69 Å². The maximum absolute atomic E-state index is 4.75. The molecule has 6 nitrogen and oxygen atoms in total. The first-order valence-electron chi connectivity index (χ1n) is 10.9. The SMILES string of the molecule is CN=C(NCCc1cn2cccc(C)c2n1)NC1CCN(C2CCCC2)CC1.I. The van der Waals surface area contributed by atoms with Gasteiger partial charge in [0.1, 0.15) is 5.65 Å². The summed E-state index contributed by atoms with van der Waals surface area (Å²) in [6.07, 6.45) is 13.2. The van der Waals surface area contributed by atoms with E-state index in [1.165, 1.54) is 57.2 Å². The van der Waals surface area contributed by atoms with E-state index < -0.39 is 0 Å². The molecular formula is C22H35IN6. The highest BCUT2D eigenvalue weighted by Crippen LogP contribution is 2.26. The van der Waals surface area contributed by atoms with Gasteiger partial charge in [-0.2, -0.15) is 0 Å². The molecule has 2 fully saturated rings. The van der Waals surface area contributed by atoms with Crippen molar-refractivity contribution < 1.29 is 0 Å². The second kappa shape index (κ2) is 10.6. The third-order valence-corrected chi connectivity index (χ3v) is 6.34. The van der Waals surface area contributed by atoms with Crippen LogP contribution in [0.5, 0.6) is 0 Å². The Morgan fingerprint density at radius 3 is 2.66 bits per heavy atom. The summed E-state index contributed by atoms with van der Waals surface area (Å²) < 4.78 is 2.11. The van der Waals surface area contributed by atoms with Crippen molar-refractivity contribution in [2.75, 3.05) is 26.7 Å². The highest BCUT2D eigenvalue weighted by molar-refractivity contribution is 14.0. The normalized spacial score (nSPS) is 19.4. The number of halogens is 1. The topological polar surface area (TPSA) is 57.0 Å². The summed E-state index contributed by atoms with van der Waals surface area (Å²) in [6.45, 7) is 5.39. The van der Waals surface area contributed by atoms with E-state index in [4.69, 9.17) is 4.98 Å². The summed E-state index contributed by atoms with van der Waals surface area (Å²) in [6, 6.07) is 5.55. The Morgan fingerprint density at radius 2 is 1.97 bits per heavy atom. The van der Waals surface area contributed by atoms with Crippen LogP contribution in [0.15, 0.2) is 29.5 Å². The van der Waals surface area contributed by atoms with Gasteiger partial charge in [-0.1, -0.05) is 18.9 Å². The summed E-state index contributed by atoms with van der Waals surface area (Å²) >= 11 is 0. The number of aliphatic imine (C=N–C) groups is 1. The molecule has 1 saturated carbocycles. The van der Waals surface area contributed by atoms with Gasteiger partial charge in [0.25, 0.3) is 0 Å². The second-order valence-corrected chi connectivity index (χ2v) is 8.30. The molecular weight excluding hydrogens is 475 g/mol. The zero-order chi connectivity index (χ0) is 19.3. The van der Waals surface area contributed by atoms with E-state index in [2.05, 4.69) is 56.4 Å². The van der Waals surface area contributed by atoms with Crippen LogP contribution < -0.4 is 10.6 Å². The molecule has 1 saturated heterocycles. The highest BCUT2D eigenvalue weighted by atomic mass is 127. The van der Waals surface area contributed by atoms with E-state index in [-0.39, 0.29) is 24.0 Å². The molecule has 2 aliphatic rings. The molecule has 29 heavy (non-hydrogen) atoms. The summed E-state index contributed by atoms with van der Waals surface area (Å²) in [7, 11) is 1.86. The lowest BCUT2D eigenvalue weighted by molar-refractivity contribution is 0.150. The zero-order valence-corrected chi connectivity index (χ0v) is 20.1. The number of aromatic nitrogens is 2. The van der Waals surface area contributed by atoms with Crippen molar-refractivity contribution in [1.82, 2.24) is 24.9 Å². The molecule has 2 N–H and O–H groups in total. The molecule has 1 aliphatic carbocycles. The van der Waals surface area contributed by atoms with Gasteiger partial charge in [-0.05, 0) is 44.2 Å². The Morgan fingerprint density at radius 1 is 1.21 bits per heavy atom. The van der Waals surface area contributed by atoms with E-state index in [0.717, 1.165) is 36.3 Å². The average molecular weight is 510 g/mol. The number of piperidine rings is 1. The molecule has 160 valence electrons. The molecule has 3 heterocycles. The molecule has 1 aliphatic heterocycles. The molecule has 4 rings (SSSR count). The van der Waals surface area contributed by atoms with Crippen LogP contribution >= 0.6 is 24.0 Å². The third-order valence-electron chi connectivity index (χ3n) is 6.34. The number of fused-ring (bicyclic) bond motifs is 1. The van der Waals surface area contributed by atoms with Crippen LogP contribution in [-0.2, 0) is 6.42 Å². The predicted octanol–water partition coefficient (Wildman–Crippen LogP) is 3.38. The van der Waals surface area contributed by atoms with Crippen LogP contribution in [0, 0.1) is 6.92 Å². The molecule has 0 radical (unpaired) electrons. The van der Waals surface area contributed by atoms with Gasteiger partial charge in [-0.3, -0.25) is 4.99 Å². The first-order chi connectivity index (χ1) is 13.7. The first-order valence-corrected chi connectivity index (χ1v) is 10.9. The largest absolute Gasteiger partial charge is 0.356 e. The monoisotopic (exact) mass is 510 g/mol. The maximum Gasteiger partial charge on any atom is 0.191 e. The van der Waals surface area contributed by atoms with E-state index in [1.54, 1.807) is 0 Å². The summed E-state index contributed by atoms with van der Waals surface area (Å²) in [5.74, 6) is 0.916. The second-order valence-electron chi connectivity index (χ2n) is 8.30. The molecule has 2 aromatic rings. The number of hydrogen-bond donors (Lipinski definition) is 2. The van der Waals surface area contributed by atoms with E-state index in [0.29, 0.717) is 6.04 Å². The number of nitrogens with one attached hydrogen (secondary N) is 2. The molecule has 0 atom stereocenters. The number of hydrogen-bond acceptors (Lipinski definition) is 3. The maximum atomic E-state index is 4.75. The van der Waals surface area contributed by atoms with Crippen molar-refractivity contribution in [3.8, 4) is 0 Å². The lowest BCUT2D eigenvalue weighted by Gasteiger charge is -2.36. The lowest BCUT2D eigenvalue weighted by atomic mass is 10.0. The zero-order valence-electron chi connectivity index (χ0n) is 17.7. The number of rotatable bonds is 5. The van der Waals surface area contributed by atoms with Gasteiger partial charge in [0.15, 0.2) is 5.96 Å². The molecule has 0 bridgehead atoms. The smallest absolute Gasteiger partial charge is 0.191 e. The van der Waals surface area contributed by atoms with Gasteiger partial charge in [-0.15, -0.1) is 24.0 Å². The number of imidazole rings is 1. The van der Waals surface area contributed by atoms with Crippen LogP contribution in [0.1, 0.15) is 49.8 Å². The predicted molar refractivity (Wildman–Crippen MR) is 130 cm³/mol. The molecule has 0 unspecified atom stereocenters. The van der Waals surface area contributed by atoms with Gasteiger partial charge in [0.2, 0.25) is 0 Å². The Kier molecular flexibility index (Phi) is 8.17. The van der Waals surface area contributed by atoms with Crippen molar-refractivity contribution >= 4 is 35.6 Å². The number of pyridine rings is 1. The summed E-state index contributed by atoms with van der Waals surface area (Å²) in [4.78, 5) is 11.9. The fourth-order valence-electron chi connectivity index (χ4n) is 4.70. The highest BCUT2D eigenvalue weighted by Gasteiger charge is 2.27. The summed E-state index contributed by atoms with van der Waals surface area (Å²) in [5.41, 5.74) is 3.37. The van der Waals surface area contributed by atoms with Crippen LogP contribution in [-0.4, -0.2) is 59.0 Å². The molecule has 2 aromatic heterocycles. The minimum absolute atomic E-state index is 0. The van der Waals surface area contributed by atoms with E-state index in [9.17, 15) is 0 Å². The fraction of sp³-hybridized carbons (Fsp3) is 0.636. The number of nitrogens with zero attached hydrogens (tertiary/aromatic N) is 4. The molecule has 0 spiro atoms. The van der Waals surface area contributed by atoms with Crippen LogP contribution in [0.2, 0.25) is 0 Å². The standard InChI is InChI=1S/C22H34N6.HI/c1-17-6-5-13-28-16-19(25-21(17)28)9-12-24-22(23-2)26-18-10-14-27(15-11-18)20-7-3-4-8-20;/h5-6,13,16,18,20H,3-4,7-12,14-15H2,1-2H3,(H2,23,24,26);1H. The van der Waals surface area contributed by atoms with Crippen LogP contribution in [0.3, 0.4) is 0 Å². The van der Waals surface area contributed by atoms with E-state index >= 15 is 0 Å². The van der Waals surface area contributed by atoms with Crippen LogP contribution in [0.25, 0.3) is 5.65 Å². The molecule has 0 amide bonds. The third kappa shape index (κ3) is 5.63. The minimum atomic E-state index is 0. The summed E-state index contributed by atoms with van der Waals surface area (Å²) in [5, 5.41) is 7.09. The van der Waals surface area contributed by atoms with Gasteiger partial charge in [0, 0.05) is 57.6 Å². The van der Waals surface area contributed by atoms with Crippen molar-refractivity contribution in [2.24, 2.45) is 4.99 Å². The van der Waals surface area contributed by atoms with E-state index in [1.807, 2.05) is 7.05 Å². The minimum Gasteiger partial charge on any atom is -0.356 e. The van der Waals surface area contributed by atoms with Crippen LogP contribution in [0.4, 0.5) is 0 Å².